The molecule has 2 saturated heterocycles. The van der Waals surface area contributed by atoms with E-state index in [-0.39, 0.29) is 12.1 Å². The highest BCUT2D eigenvalue weighted by molar-refractivity contribution is 5.77. The number of nitrogens with zero attached hydrogens (tertiary/aromatic N) is 4. The summed E-state index contributed by atoms with van der Waals surface area (Å²) in [6.45, 7) is 9.84. The molecule has 2 rings (SSSR count). The van der Waals surface area contributed by atoms with Crippen molar-refractivity contribution in [3.63, 3.8) is 0 Å². The van der Waals surface area contributed by atoms with Crippen molar-refractivity contribution in [3.8, 4) is 0 Å². The van der Waals surface area contributed by atoms with Gasteiger partial charge in [-0.05, 0) is 26.7 Å². The second kappa shape index (κ2) is 6.81. The van der Waals surface area contributed by atoms with E-state index >= 15 is 0 Å². The first-order valence-corrected chi connectivity index (χ1v) is 7.75. The van der Waals surface area contributed by atoms with E-state index in [2.05, 4.69) is 0 Å². The van der Waals surface area contributed by atoms with Gasteiger partial charge in [0, 0.05) is 52.4 Å². The Hall–Kier alpha value is -1.46. The van der Waals surface area contributed by atoms with Crippen molar-refractivity contribution in [3.05, 3.63) is 0 Å². The molecule has 0 atom stereocenters. The lowest BCUT2D eigenvalue weighted by molar-refractivity contribution is 0.109. The van der Waals surface area contributed by atoms with Crippen LogP contribution in [0.3, 0.4) is 0 Å². The summed E-state index contributed by atoms with van der Waals surface area (Å²) in [5, 5.41) is 0. The second-order valence-electron chi connectivity index (χ2n) is 5.41. The van der Waals surface area contributed by atoms with E-state index in [1.165, 1.54) is 0 Å². The summed E-state index contributed by atoms with van der Waals surface area (Å²) in [6.07, 6.45) is 2.23. The van der Waals surface area contributed by atoms with Gasteiger partial charge in [0.2, 0.25) is 0 Å². The molecule has 0 aromatic heterocycles. The van der Waals surface area contributed by atoms with Crippen LogP contribution < -0.4 is 0 Å². The number of likely N-dealkylation sites (tertiary alicyclic amines) is 1. The number of hydrogen-bond donors (Lipinski definition) is 0. The van der Waals surface area contributed by atoms with Crippen LogP contribution in [0, 0.1) is 0 Å². The summed E-state index contributed by atoms with van der Waals surface area (Å²) >= 11 is 0. The van der Waals surface area contributed by atoms with Crippen LogP contribution in [0.15, 0.2) is 0 Å². The summed E-state index contributed by atoms with van der Waals surface area (Å²) in [5.41, 5.74) is 0. The quantitative estimate of drug-likeness (QED) is 0.766. The SMILES string of the molecule is CCN(CC)C(=O)N1CCN(C(=O)N2CCCC2)CC1. The number of carbonyl (C=O) groups is 2. The van der Waals surface area contributed by atoms with Gasteiger partial charge in [-0.25, -0.2) is 9.59 Å². The molecule has 6 nitrogen and oxygen atoms in total. The van der Waals surface area contributed by atoms with E-state index in [1.54, 1.807) is 0 Å². The fourth-order valence-corrected chi connectivity index (χ4v) is 2.89. The van der Waals surface area contributed by atoms with E-state index in [9.17, 15) is 9.59 Å². The fraction of sp³-hybridized carbons (Fsp3) is 0.857. The molecule has 0 spiro atoms. The van der Waals surface area contributed by atoms with Crippen LogP contribution in [0.2, 0.25) is 0 Å². The Balaban J connectivity index is 1.82. The summed E-state index contributed by atoms with van der Waals surface area (Å²) in [4.78, 5) is 32.0. The number of carbonyl (C=O) groups excluding carboxylic acids is 2. The van der Waals surface area contributed by atoms with Crippen molar-refractivity contribution >= 4 is 12.1 Å². The zero-order chi connectivity index (χ0) is 14.5. The monoisotopic (exact) mass is 282 g/mol. The molecule has 2 aliphatic rings. The van der Waals surface area contributed by atoms with Gasteiger partial charge < -0.3 is 19.6 Å². The average molecular weight is 282 g/mol. The van der Waals surface area contributed by atoms with E-state index in [0.717, 1.165) is 39.0 Å². The fourth-order valence-electron chi connectivity index (χ4n) is 2.89. The first-order chi connectivity index (χ1) is 9.67. The molecule has 2 fully saturated rings. The van der Waals surface area contributed by atoms with Gasteiger partial charge in [0.15, 0.2) is 0 Å². The van der Waals surface area contributed by atoms with E-state index in [1.807, 2.05) is 33.4 Å². The number of piperazine rings is 1. The lowest BCUT2D eigenvalue weighted by Gasteiger charge is -2.38. The van der Waals surface area contributed by atoms with Crippen LogP contribution in [0.4, 0.5) is 9.59 Å². The molecular weight excluding hydrogens is 256 g/mol. The molecule has 0 aliphatic carbocycles. The molecule has 2 aliphatic heterocycles. The molecule has 4 amide bonds. The van der Waals surface area contributed by atoms with Gasteiger partial charge in [0.1, 0.15) is 0 Å². The van der Waals surface area contributed by atoms with Crippen molar-refractivity contribution < 1.29 is 9.59 Å². The molecule has 0 saturated carbocycles. The molecule has 0 radical (unpaired) electrons. The van der Waals surface area contributed by atoms with Crippen LogP contribution in [0.25, 0.3) is 0 Å². The molecule has 2 heterocycles. The van der Waals surface area contributed by atoms with Crippen molar-refractivity contribution in [2.75, 3.05) is 52.4 Å². The van der Waals surface area contributed by atoms with Gasteiger partial charge in [-0.15, -0.1) is 0 Å². The van der Waals surface area contributed by atoms with Crippen molar-refractivity contribution in [2.45, 2.75) is 26.7 Å². The molecule has 0 bridgehead atoms. The predicted octanol–water partition coefficient (Wildman–Crippen LogP) is 1.28. The smallest absolute Gasteiger partial charge is 0.320 e. The van der Waals surface area contributed by atoms with Gasteiger partial charge in [0.05, 0.1) is 0 Å². The standard InChI is InChI=1S/C14H26N4O2/c1-3-15(4-2)13(19)17-9-11-18(12-10-17)14(20)16-7-5-6-8-16/h3-12H2,1-2H3. The van der Waals surface area contributed by atoms with Gasteiger partial charge in [0.25, 0.3) is 0 Å². The average Bonchev–Trinajstić information content (AvgIpc) is 3.02. The zero-order valence-electron chi connectivity index (χ0n) is 12.7. The Bertz CT molecular complexity index is 321. The van der Waals surface area contributed by atoms with Crippen LogP contribution in [0.1, 0.15) is 26.7 Å². The Morgan fingerprint density at radius 1 is 0.800 bits per heavy atom. The summed E-state index contributed by atoms with van der Waals surface area (Å²) in [7, 11) is 0. The van der Waals surface area contributed by atoms with Crippen molar-refractivity contribution in [1.82, 2.24) is 19.6 Å². The lowest BCUT2D eigenvalue weighted by atomic mass is 10.3. The maximum Gasteiger partial charge on any atom is 0.320 e. The zero-order valence-corrected chi connectivity index (χ0v) is 12.7. The normalized spacial score (nSPS) is 19.4. The lowest BCUT2D eigenvalue weighted by Crippen LogP contribution is -2.56. The number of amides is 4. The van der Waals surface area contributed by atoms with Crippen LogP contribution in [-0.2, 0) is 0 Å². The van der Waals surface area contributed by atoms with E-state index in [4.69, 9.17) is 0 Å². The van der Waals surface area contributed by atoms with Crippen LogP contribution in [0.5, 0.6) is 0 Å². The van der Waals surface area contributed by atoms with E-state index in [0.29, 0.717) is 26.2 Å². The number of urea groups is 2. The first kappa shape index (κ1) is 14.9. The van der Waals surface area contributed by atoms with Gasteiger partial charge in [-0.3, -0.25) is 0 Å². The van der Waals surface area contributed by atoms with Gasteiger partial charge in [-0.1, -0.05) is 0 Å². The molecule has 114 valence electrons. The van der Waals surface area contributed by atoms with Gasteiger partial charge in [-0.2, -0.15) is 0 Å². The third-order valence-electron chi connectivity index (χ3n) is 4.23. The highest BCUT2D eigenvalue weighted by Gasteiger charge is 2.29. The molecule has 0 aromatic carbocycles. The Morgan fingerprint density at radius 2 is 1.25 bits per heavy atom. The number of rotatable bonds is 2. The topological polar surface area (TPSA) is 47.1 Å². The first-order valence-electron chi connectivity index (χ1n) is 7.75. The molecule has 0 N–H and O–H groups in total. The minimum absolute atomic E-state index is 0.100. The molecular formula is C14H26N4O2. The molecule has 20 heavy (non-hydrogen) atoms. The summed E-state index contributed by atoms with van der Waals surface area (Å²) in [5.74, 6) is 0. The highest BCUT2D eigenvalue weighted by Crippen LogP contribution is 2.13. The number of hydrogen-bond acceptors (Lipinski definition) is 2. The van der Waals surface area contributed by atoms with Crippen molar-refractivity contribution in [2.24, 2.45) is 0 Å². The Labute approximate surface area is 121 Å². The minimum Gasteiger partial charge on any atom is -0.325 e. The van der Waals surface area contributed by atoms with Crippen LogP contribution >= 0.6 is 0 Å². The summed E-state index contributed by atoms with van der Waals surface area (Å²) in [6, 6.07) is 0.251. The molecule has 0 aromatic rings. The third kappa shape index (κ3) is 3.16. The van der Waals surface area contributed by atoms with Crippen LogP contribution in [-0.4, -0.2) is 84.0 Å². The van der Waals surface area contributed by atoms with E-state index < -0.39 is 0 Å². The van der Waals surface area contributed by atoms with Gasteiger partial charge >= 0.3 is 12.1 Å². The second-order valence-corrected chi connectivity index (χ2v) is 5.41. The molecule has 0 unspecified atom stereocenters. The third-order valence-corrected chi connectivity index (χ3v) is 4.23. The maximum absolute atomic E-state index is 12.3. The molecule has 6 heteroatoms. The largest absolute Gasteiger partial charge is 0.325 e. The minimum atomic E-state index is 0.100. The Morgan fingerprint density at radius 3 is 1.75 bits per heavy atom. The van der Waals surface area contributed by atoms with Crippen molar-refractivity contribution in [1.29, 1.82) is 0 Å². The predicted molar refractivity (Wildman–Crippen MR) is 77.7 cm³/mol. The summed E-state index contributed by atoms with van der Waals surface area (Å²) < 4.78 is 0. The maximum atomic E-state index is 12.3. The highest BCUT2D eigenvalue weighted by atomic mass is 16.2. The Kier molecular flexibility index (Phi) is 5.09.